The van der Waals surface area contributed by atoms with Gasteiger partial charge < -0.3 is 15.1 Å². The van der Waals surface area contributed by atoms with Crippen molar-refractivity contribution in [3.05, 3.63) is 42.5 Å². The summed E-state index contributed by atoms with van der Waals surface area (Å²) in [6, 6.07) is 13.9. The lowest BCUT2D eigenvalue weighted by atomic mass is 10.1. The molecule has 1 aromatic heterocycles. The van der Waals surface area contributed by atoms with Crippen molar-refractivity contribution in [2.45, 2.75) is 6.42 Å². The number of nitrogens with two attached hydrogens (primary N) is 1. The minimum atomic E-state index is 0.151. The summed E-state index contributed by atoms with van der Waals surface area (Å²) >= 11 is 0. The molecule has 1 aliphatic heterocycles. The second-order valence-corrected chi connectivity index (χ2v) is 5.59. The Hall–Kier alpha value is -2.33. The highest BCUT2D eigenvalue weighted by atomic mass is 16.3. The van der Waals surface area contributed by atoms with E-state index in [1.807, 2.05) is 47.4 Å². The zero-order valence-electron chi connectivity index (χ0n) is 11.6. The number of carbonyl (C=O) groups excluding carboxylic acids is 1. The Balaban J connectivity index is 1.83. The van der Waals surface area contributed by atoms with Crippen molar-refractivity contribution in [2.24, 2.45) is 11.7 Å². The van der Waals surface area contributed by atoms with E-state index in [1.54, 1.807) is 0 Å². The lowest BCUT2D eigenvalue weighted by molar-refractivity contribution is -0.117. The monoisotopic (exact) mass is 280 g/mol. The quantitative estimate of drug-likeness (QED) is 0.785. The van der Waals surface area contributed by atoms with Gasteiger partial charge >= 0.3 is 0 Å². The Morgan fingerprint density at radius 1 is 1.14 bits per heavy atom. The molecule has 3 aromatic rings. The fraction of sp³-hybridized carbons (Fsp3) is 0.235. The molecule has 0 radical (unpaired) electrons. The summed E-state index contributed by atoms with van der Waals surface area (Å²) in [5.41, 5.74) is 8.34. The van der Waals surface area contributed by atoms with Crippen molar-refractivity contribution in [2.75, 3.05) is 18.0 Å². The normalized spacial score (nSPS) is 19.0. The highest BCUT2D eigenvalue weighted by Crippen LogP contribution is 2.33. The molecule has 1 aliphatic rings. The number of furan rings is 1. The summed E-state index contributed by atoms with van der Waals surface area (Å²) in [5, 5.41) is 2.13. The molecule has 1 atom stereocenters. The van der Waals surface area contributed by atoms with Gasteiger partial charge in [-0.3, -0.25) is 4.79 Å². The Kier molecular flexibility index (Phi) is 2.72. The number of para-hydroxylation sites is 1. The summed E-state index contributed by atoms with van der Waals surface area (Å²) < 4.78 is 5.82. The van der Waals surface area contributed by atoms with E-state index in [-0.39, 0.29) is 11.8 Å². The van der Waals surface area contributed by atoms with Crippen LogP contribution in [0.3, 0.4) is 0 Å². The van der Waals surface area contributed by atoms with Crippen molar-refractivity contribution in [3.63, 3.8) is 0 Å². The number of nitrogens with zero attached hydrogens (tertiary/aromatic N) is 1. The molecule has 4 nitrogen and oxygen atoms in total. The van der Waals surface area contributed by atoms with Crippen LogP contribution in [0.25, 0.3) is 21.9 Å². The zero-order chi connectivity index (χ0) is 14.4. The maximum Gasteiger partial charge on any atom is 0.227 e. The van der Waals surface area contributed by atoms with Crippen molar-refractivity contribution < 1.29 is 9.21 Å². The number of hydrogen-bond donors (Lipinski definition) is 1. The van der Waals surface area contributed by atoms with Crippen molar-refractivity contribution in [3.8, 4) is 0 Å². The maximum atomic E-state index is 12.1. The summed E-state index contributed by atoms with van der Waals surface area (Å²) in [6.45, 7) is 1.26. The van der Waals surface area contributed by atoms with Gasteiger partial charge in [0.2, 0.25) is 5.91 Å². The third-order valence-electron chi connectivity index (χ3n) is 4.21. The number of benzene rings is 2. The Morgan fingerprint density at radius 3 is 2.76 bits per heavy atom. The number of fused-ring (bicyclic) bond motifs is 3. The minimum Gasteiger partial charge on any atom is -0.456 e. The molecule has 1 unspecified atom stereocenters. The molecule has 2 N–H and O–H groups in total. The van der Waals surface area contributed by atoms with Gasteiger partial charge in [0.1, 0.15) is 11.2 Å². The van der Waals surface area contributed by atoms with Gasteiger partial charge in [0.15, 0.2) is 0 Å². The second-order valence-electron chi connectivity index (χ2n) is 5.59. The molecule has 0 aliphatic carbocycles. The second kappa shape index (κ2) is 4.60. The molecular formula is C17H16N2O2. The fourth-order valence-corrected chi connectivity index (χ4v) is 3.07. The zero-order valence-corrected chi connectivity index (χ0v) is 11.6. The SMILES string of the molecule is NCC1CC(=O)N(c2ccc3oc4ccccc4c3c2)C1. The molecule has 1 amide bonds. The number of amides is 1. The molecular weight excluding hydrogens is 264 g/mol. The predicted molar refractivity (Wildman–Crippen MR) is 83.2 cm³/mol. The average Bonchev–Trinajstić information content (AvgIpc) is 3.07. The van der Waals surface area contributed by atoms with Crippen LogP contribution in [-0.4, -0.2) is 19.0 Å². The van der Waals surface area contributed by atoms with Crippen LogP contribution in [0.15, 0.2) is 46.9 Å². The largest absolute Gasteiger partial charge is 0.456 e. The number of anilines is 1. The molecule has 106 valence electrons. The van der Waals surface area contributed by atoms with E-state index < -0.39 is 0 Å². The lowest BCUT2D eigenvalue weighted by Crippen LogP contribution is -2.25. The van der Waals surface area contributed by atoms with Gasteiger partial charge in [-0.2, -0.15) is 0 Å². The van der Waals surface area contributed by atoms with E-state index in [1.165, 1.54) is 0 Å². The molecule has 2 aromatic carbocycles. The molecule has 0 spiro atoms. The van der Waals surface area contributed by atoms with Gasteiger partial charge in [0.25, 0.3) is 0 Å². The fourth-order valence-electron chi connectivity index (χ4n) is 3.07. The summed E-state index contributed by atoms with van der Waals surface area (Å²) in [4.78, 5) is 14.0. The minimum absolute atomic E-state index is 0.151. The summed E-state index contributed by atoms with van der Waals surface area (Å²) in [5.74, 6) is 0.409. The molecule has 4 heteroatoms. The van der Waals surface area contributed by atoms with Gasteiger partial charge in [-0.05, 0) is 36.7 Å². The number of rotatable bonds is 2. The van der Waals surface area contributed by atoms with E-state index in [9.17, 15) is 4.79 Å². The smallest absolute Gasteiger partial charge is 0.227 e. The van der Waals surface area contributed by atoms with E-state index in [0.717, 1.165) is 27.6 Å². The first kappa shape index (κ1) is 12.4. The van der Waals surface area contributed by atoms with Crippen LogP contribution < -0.4 is 10.6 Å². The topological polar surface area (TPSA) is 59.5 Å². The van der Waals surface area contributed by atoms with Crippen LogP contribution in [0.2, 0.25) is 0 Å². The Bertz CT molecular complexity index is 837. The van der Waals surface area contributed by atoms with E-state index in [4.69, 9.17) is 10.2 Å². The molecule has 4 rings (SSSR count). The average molecular weight is 280 g/mol. The van der Waals surface area contributed by atoms with Gasteiger partial charge in [-0.25, -0.2) is 0 Å². The van der Waals surface area contributed by atoms with E-state index in [0.29, 0.717) is 19.5 Å². The van der Waals surface area contributed by atoms with Crippen LogP contribution in [0.5, 0.6) is 0 Å². The predicted octanol–water partition coefficient (Wildman–Crippen LogP) is 2.90. The highest BCUT2D eigenvalue weighted by Gasteiger charge is 2.29. The highest BCUT2D eigenvalue weighted by molar-refractivity contribution is 6.07. The van der Waals surface area contributed by atoms with Crippen LogP contribution in [-0.2, 0) is 4.79 Å². The molecule has 2 heterocycles. The Labute approximate surface area is 122 Å². The van der Waals surface area contributed by atoms with E-state index in [2.05, 4.69) is 0 Å². The first-order chi connectivity index (χ1) is 10.3. The molecule has 0 bridgehead atoms. The van der Waals surface area contributed by atoms with Crippen LogP contribution in [0.4, 0.5) is 5.69 Å². The van der Waals surface area contributed by atoms with Crippen molar-refractivity contribution >= 4 is 33.5 Å². The molecule has 21 heavy (non-hydrogen) atoms. The number of hydrogen-bond acceptors (Lipinski definition) is 3. The van der Waals surface area contributed by atoms with Gasteiger partial charge in [-0.1, -0.05) is 18.2 Å². The Morgan fingerprint density at radius 2 is 1.95 bits per heavy atom. The number of carbonyl (C=O) groups is 1. The van der Waals surface area contributed by atoms with E-state index >= 15 is 0 Å². The third-order valence-corrected chi connectivity index (χ3v) is 4.21. The molecule has 1 fully saturated rings. The lowest BCUT2D eigenvalue weighted by Gasteiger charge is -2.16. The van der Waals surface area contributed by atoms with Gasteiger partial charge in [0.05, 0.1) is 0 Å². The standard InChI is InChI=1S/C17H16N2O2/c18-9-11-7-17(20)19(10-11)12-5-6-16-14(8-12)13-3-1-2-4-15(13)21-16/h1-6,8,11H,7,9-10,18H2. The maximum absolute atomic E-state index is 12.1. The first-order valence-electron chi connectivity index (χ1n) is 7.18. The van der Waals surface area contributed by atoms with Gasteiger partial charge in [-0.15, -0.1) is 0 Å². The van der Waals surface area contributed by atoms with Gasteiger partial charge in [0, 0.05) is 29.4 Å². The van der Waals surface area contributed by atoms with Crippen molar-refractivity contribution in [1.82, 2.24) is 0 Å². The first-order valence-corrected chi connectivity index (χ1v) is 7.18. The third kappa shape index (κ3) is 1.91. The van der Waals surface area contributed by atoms with Crippen molar-refractivity contribution in [1.29, 1.82) is 0 Å². The molecule has 1 saturated heterocycles. The summed E-state index contributed by atoms with van der Waals surface area (Å²) in [6.07, 6.45) is 0.542. The van der Waals surface area contributed by atoms with Crippen LogP contribution in [0.1, 0.15) is 6.42 Å². The van der Waals surface area contributed by atoms with Crippen LogP contribution >= 0.6 is 0 Å². The summed E-state index contributed by atoms with van der Waals surface area (Å²) in [7, 11) is 0. The van der Waals surface area contributed by atoms with Crippen LogP contribution in [0, 0.1) is 5.92 Å². The molecule has 0 saturated carbocycles.